The van der Waals surface area contributed by atoms with Crippen molar-refractivity contribution < 1.29 is 4.39 Å². The molecule has 0 aliphatic carbocycles. The first-order valence-corrected chi connectivity index (χ1v) is 7.09. The van der Waals surface area contributed by atoms with Crippen LogP contribution in [0.3, 0.4) is 0 Å². The van der Waals surface area contributed by atoms with Crippen LogP contribution in [0, 0.1) is 19.7 Å². The van der Waals surface area contributed by atoms with Crippen LogP contribution in [0.1, 0.15) is 28.2 Å². The molecule has 21 heavy (non-hydrogen) atoms. The molecule has 1 aliphatic rings. The number of hydrogen-bond acceptors (Lipinski definition) is 3. The predicted molar refractivity (Wildman–Crippen MR) is 78.5 cm³/mol. The highest BCUT2D eigenvalue weighted by atomic mass is 19.1. The molecule has 110 valence electrons. The molecular formula is C16H18FN3O. The molecule has 1 aromatic carbocycles. The SMILES string of the molecule is Cc1nc2c(c(=O)[nH]1)CN(Cc1ccc(F)c(C)c1)CC2. The standard InChI is InChI=1S/C16H18FN3O/c1-10-7-12(3-4-14(10)17)8-20-6-5-15-13(9-20)16(21)19-11(2)18-15/h3-4,7H,5-6,8-9H2,1-2H3,(H,18,19,21). The summed E-state index contributed by atoms with van der Waals surface area (Å²) in [6.45, 7) is 5.73. The lowest BCUT2D eigenvalue weighted by molar-refractivity contribution is 0.241. The molecule has 4 nitrogen and oxygen atoms in total. The van der Waals surface area contributed by atoms with E-state index in [1.165, 1.54) is 6.07 Å². The van der Waals surface area contributed by atoms with Crippen molar-refractivity contribution in [1.29, 1.82) is 0 Å². The number of aryl methyl sites for hydroxylation is 2. The lowest BCUT2D eigenvalue weighted by Gasteiger charge is -2.27. The molecule has 0 spiro atoms. The first-order valence-electron chi connectivity index (χ1n) is 7.09. The Morgan fingerprint density at radius 3 is 2.95 bits per heavy atom. The summed E-state index contributed by atoms with van der Waals surface area (Å²) in [7, 11) is 0. The van der Waals surface area contributed by atoms with Gasteiger partial charge in [0.1, 0.15) is 11.6 Å². The van der Waals surface area contributed by atoms with Gasteiger partial charge in [-0.15, -0.1) is 0 Å². The summed E-state index contributed by atoms with van der Waals surface area (Å²) in [5, 5.41) is 0. The highest BCUT2D eigenvalue weighted by Crippen LogP contribution is 2.17. The van der Waals surface area contributed by atoms with Gasteiger partial charge in [0.2, 0.25) is 0 Å². The van der Waals surface area contributed by atoms with E-state index in [-0.39, 0.29) is 11.4 Å². The van der Waals surface area contributed by atoms with Gasteiger partial charge in [-0.05, 0) is 31.0 Å². The molecule has 0 atom stereocenters. The summed E-state index contributed by atoms with van der Waals surface area (Å²) in [6, 6.07) is 5.16. The molecule has 1 N–H and O–H groups in total. The topological polar surface area (TPSA) is 49.0 Å². The van der Waals surface area contributed by atoms with Gasteiger partial charge in [-0.2, -0.15) is 0 Å². The van der Waals surface area contributed by atoms with E-state index in [2.05, 4.69) is 14.9 Å². The largest absolute Gasteiger partial charge is 0.310 e. The van der Waals surface area contributed by atoms with Crippen molar-refractivity contribution >= 4 is 0 Å². The Hall–Kier alpha value is -2.01. The summed E-state index contributed by atoms with van der Waals surface area (Å²) in [5.74, 6) is 0.486. The molecule has 0 unspecified atom stereocenters. The monoisotopic (exact) mass is 287 g/mol. The van der Waals surface area contributed by atoms with Crippen LogP contribution in [0.25, 0.3) is 0 Å². The number of halogens is 1. The first kappa shape index (κ1) is 13.9. The maximum atomic E-state index is 13.3. The lowest BCUT2D eigenvalue weighted by atomic mass is 10.1. The van der Waals surface area contributed by atoms with E-state index in [1.54, 1.807) is 19.9 Å². The number of nitrogens with zero attached hydrogens (tertiary/aromatic N) is 2. The van der Waals surface area contributed by atoms with E-state index < -0.39 is 0 Å². The average Bonchev–Trinajstić information content (AvgIpc) is 2.43. The molecule has 0 saturated heterocycles. The zero-order valence-electron chi connectivity index (χ0n) is 12.2. The second kappa shape index (κ2) is 5.41. The fourth-order valence-electron chi connectivity index (χ4n) is 2.80. The highest BCUT2D eigenvalue weighted by molar-refractivity contribution is 5.25. The van der Waals surface area contributed by atoms with Gasteiger partial charge in [0, 0.05) is 26.1 Å². The number of fused-ring (bicyclic) bond motifs is 1. The van der Waals surface area contributed by atoms with Gasteiger partial charge in [-0.3, -0.25) is 9.69 Å². The van der Waals surface area contributed by atoms with Crippen molar-refractivity contribution in [3.8, 4) is 0 Å². The van der Waals surface area contributed by atoms with Gasteiger partial charge in [0.25, 0.3) is 5.56 Å². The van der Waals surface area contributed by atoms with Crippen LogP contribution in [0.15, 0.2) is 23.0 Å². The molecule has 0 radical (unpaired) electrons. The number of aromatic amines is 1. The third-order valence-electron chi connectivity index (χ3n) is 3.89. The van der Waals surface area contributed by atoms with Gasteiger partial charge in [-0.1, -0.05) is 12.1 Å². The molecule has 1 aliphatic heterocycles. The van der Waals surface area contributed by atoms with Crippen LogP contribution in [-0.2, 0) is 19.5 Å². The molecule has 0 amide bonds. The van der Waals surface area contributed by atoms with E-state index in [0.29, 0.717) is 24.5 Å². The summed E-state index contributed by atoms with van der Waals surface area (Å²) in [6.07, 6.45) is 0.778. The van der Waals surface area contributed by atoms with Gasteiger partial charge in [-0.25, -0.2) is 9.37 Å². The molecule has 5 heteroatoms. The molecule has 1 aromatic heterocycles. The van der Waals surface area contributed by atoms with Gasteiger partial charge in [0.05, 0.1) is 11.3 Å². The van der Waals surface area contributed by atoms with Crippen molar-refractivity contribution in [3.63, 3.8) is 0 Å². The van der Waals surface area contributed by atoms with Crippen LogP contribution in [0.2, 0.25) is 0 Å². The van der Waals surface area contributed by atoms with Gasteiger partial charge >= 0.3 is 0 Å². The Morgan fingerprint density at radius 1 is 1.38 bits per heavy atom. The van der Waals surface area contributed by atoms with Crippen LogP contribution in [0.5, 0.6) is 0 Å². The van der Waals surface area contributed by atoms with Gasteiger partial charge < -0.3 is 4.98 Å². The molecular weight excluding hydrogens is 269 g/mol. The van der Waals surface area contributed by atoms with Crippen LogP contribution >= 0.6 is 0 Å². The first-order chi connectivity index (χ1) is 10.0. The second-order valence-corrected chi connectivity index (χ2v) is 5.62. The number of H-pyrrole nitrogens is 1. The Kier molecular flexibility index (Phi) is 3.59. The third kappa shape index (κ3) is 2.88. The quantitative estimate of drug-likeness (QED) is 0.920. The number of rotatable bonds is 2. The van der Waals surface area contributed by atoms with Crippen molar-refractivity contribution in [3.05, 3.63) is 62.6 Å². The smallest absolute Gasteiger partial charge is 0.255 e. The van der Waals surface area contributed by atoms with Crippen molar-refractivity contribution in [1.82, 2.24) is 14.9 Å². The van der Waals surface area contributed by atoms with E-state index in [9.17, 15) is 9.18 Å². The van der Waals surface area contributed by atoms with Crippen molar-refractivity contribution in [2.24, 2.45) is 0 Å². The number of benzene rings is 1. The van der Waals surface area contributed by atoms with Crippen LogP contribution in [-0.4, -0.2) is 21.4 Å². The maximum absolute atomic E-state index is 13.3. The predicted octanol–water partition coefficient (Wildman–Crippen LogP) is 2.08. The molecule has 0 bridgehead atoms. The van der Waals surface area contributed by atoms with E-state index in [4.69, 9.17) is 0 Å². The molecule has 2 heterocycles. The minimum atomic E-state index is -0.182. The Labute approximate surface area is 122 Å². The van der Waals surface area contributed by atoms with Crippen molar-refractivity contribution in [2.45, 2.75) is 33.4 Å². The summed E-state index contributed by atoms with van der Waals surface area (Å²) in [4.78, 5) is 21.4. The summed E-state index contributed by atoms with van der Waals surface area (Å²) in [5.41, 5.74) is 3.33. The Balaban J connectivity index is 1.80. The van der Waals surface area contributed by atoms with E-state index in [1.807, 2.05) is 6.07 Å². The summed E-state index contributed by atoms with van der Waals surface area (Å²) >= 11 is 0. The van der Waals surface area contributed by atoms with Crippen molar-refractivity contribution in [2.75, 3.05) is 6.54 Å². The number of hydrogen-bond donors (Lipinski definition) is 1. The normalized spacial score (nSPS) is 15.0. The second-order valence-electron chi connectivity index (χ2n) is 5.62. The molecule has 2 aromatic rings. The fraction of sp³-hybridized carbons (Fsp3) is 0.375. The van der Waals surface area contributed by atoms with Crippen LogP contribution in [0.4, 0.5) is 4.39 Å². The maximum Gasteiger partial charge on any atom is 0.255 e. The summed E-state index contributed by atoms with van der Waals surface area (Å²) < 4.78 is 13.3. The number of nitrogens with one attached hydrogen (secondary N) is 1. The van der Waals surface area contributed by atoms with Crippen LogP contribution < -0.4 is 5.56 Å². The molecule has 0 saturated carbocycles. The highest BCUT2D eigenvalue weighted by Gasteiger charge is 2.20. The average molecular weight is 287 g/mol. The third-order valence-corrected chi connectivity index (χ3v) is 3.89. The fourth-order valence-corrected chi connectivity index (χ4v) is 2.80. The van der Waals surface area contributed by atoms with E-state index >= 15 is 0 Å². The lowest BCUT2D eigenvalue weighted by Crippen LogP contribution is -2.35. The Morgan fingerprint density at radius 2 is 2.19 bits per heavy atom. The minimum Gasteiger partial charge on any atom is -0.310 e. The van der Waals surface area contributed by atoms with E-state index in [0.717, 1.165) is 29.8 Å². The number of aromatic nitrogens is 2. The zero-order valence-corrected chi connectivity index (χ0v) is 12.2. The minimum absolute atomic E-state index is 0.0440. The Bertz CT molecular complexity index is 739. The molecule has 0 fully saturated rings. The molecule has 3 rings (SSSR count). The van der Waals surface area contributed by atoms with Gasteiger partial charge in [0.15, 0.2) is 0 Å². The zero-order chi connectivity index (χ0) is 15.0.